The van der Waals surface area contributed by atoms with Gasteiger partial charge in [0.15, 0.2) is 0 Å². The van der Waals surface area contributed by atoms with Crippen LogP contribution in [0.4, 0.5) is 4.39 Å². The topological polar surface area (TPSA) is 70.3 Å². The van der Waals surface area contributed by atoms with E-state index >= 15 is 0 Å². The van der Waals surface area contributed by atoms with Gasteiger partial charge < -0.3 is 9.84 Å². The van der Waals surface area contributed by atoms with Gasteiger partial charge in [-0.1, -0.05) is 18.2 Å². The summed E-state index contributed by atoms with van der Waals surface area (Å²) >= 11 is 0. The monoisotopic (exact) mass is 309 g/mol. The molecule has 0 aliphatic carbocycles. The number of phenolic OH excluding ortho intramolecular Hbond substituents is 1. The number of fused-ring (bicyclic) bond motifs is 1. The number of nitriles is 1. The summed E-state index contributed by atoms with van der Waals surface area (Å²) in [5, 5.41) is 19.0. The molecule has 2 unspecified atom stereocenters. The van der Waals surface area contributed by atoms with Crippen molar-refractivity contribution in [2.24, 2.45) is 0 Å². The van der Waals surface area contributed by atoms with Gasteiger partial charge in [-0.15, -0.1) is 6.58 Å². The number of hydrogen-bond acceptors (Lipinski definition) is 4. The Balaban J connectivity index is 2.13. The van der Waals surface area contributed by atoms with E-state index in [4.69, 9.17) is 10.00 Å². The molecule has 1 N–H and O–H groups in total. The van der Waals surface area contributed by atoms with Crippen molar-refractivity contribution in [3.8, 4) is 17.6 Å². The highest BCUT2D eigenvalue weighted by Crippen LogP contribution is 2.45. The number of aromatic hydroxyl groups is 1. The summed E-state index contributed by atoms with van der Waals surface area (Å²) in [7, 11) is 0. The molecule has 0 spiro atoms. The number of benzene rings is 2. The summed E-state index contributed by atoms with van der Waals surface area (Å²) in [6.07, 6.45) is 1.57. The van der Waals surface area contributed by atoms with E-state index in [0.29, 0.717) is 11.1 Å². The number of esters is 1. The molecule has 2 atom stereocenters. The number of hydrogen-bond donors (Lipinski definition) is 1. The summed E-state index contributed by atoms with van der Waals surface area (Å²) in [4.78, 5) is 12.4. The Morgan fingerprint density at radius 3 is 2.65 bits per heavy atom. The minimum atomic E-state index is -0.807. The number of phenols is 1. The van der Waals surface area contributed by atoms with Gasteiger partial charge in [0.05, 0.1) is 17.6 Å². The third-order valence-corrected chi connectivity index (χ3v) is 3.91. The van der Waals surface area contributed by atoms with Crippen LogP contribution in [-0.4, -0.2) is 11.1 Å². The van der Waals surface area contributed by atoms with Gasteiger partial charge in [-0.2, -0.15) is 5.26 Å². The average molecular weight is 309 g/mol. The third kappa shape index (κ3) is 2.44. The quantitative estimate of drug-likeness (QED) is 0.524. The molecule has 4 nitrogen and oxygen atoms in total. The van der Waals surface area contributed by atoms with Gasteiger partial charge in [-0.05, 0) is 18.2 Å². The molecule has 3 rings (SSSR count). The lowest BCUT2D eigenvalue weighted by Crippen LogP contribution is -2.29. The maximum atomic E-state index is 13.3. The van der Waals surface area contributed by atoms with Crippen LogP contribution in [0, 0.1) is 17.1 Å². The predicted molar refractivity (Wildman–Crippen MR) is 80.5 cm³/mol. The second kappa shape index (κ2) is 5.58. The van der Waals surface area contributed by atoms with Crippen molar-refractivity contribution < 1.29 is 19.0 Å². The highest BCUT2D eigenvalue weighted by molar-refractivity contribution is 5.85. The second-order valence-corrected chi connectivity index (χ2v) is 5.23. The summed E-state index contributed by atoms with van der Waals surface area (Å²) < 4.78 is 18.6. The van der Waals surface area contributed by atoms with E-state index in [1.165, 1.54) is 30.3 Å². The van der Waals surface area contributed by atoms with Crippen LogP contribution in [0.1, 0.15) is 28.5 Å². The van der Waals surface area contributed by atoms with Crippen molar-refractivity contribution in [1.82, 2.24) is 0 Å². The minimum absolute atomic E-state index is 0.157. The largest absolute Gasteiger partial charge is 0.508 e. The van der Waals surface area contributed by atoms with Gasteiger partial charge in [0.1, 0.15) is 17.3 Å². The fraction of sp³-hybridized carbons (Fsp3) is 0.111. The van der Waals surface area contributed by atoms with Crippen molar-refractivity contribution in [3.63, 3.8) is 0 Å². The standard InChI is InChI=1S/C18H12FNO3/c1-2-12-13-6-4-11(19)8-16(13)23-18(22)17(12)14-5-3-10(9-20)7-15(14)21/h2-8,12,17,21H,1H2. The Morgan fingerprint density at radius 2 is 2.00 bits per heavy atom. The molecule has 0 aromatic heterocycles. The number of halogens is 1. The normalized spacial score (nSPS) is 19.4. The average Bonchev–Trinajstić information content (AvgIpc) is 2.53. The van der Waals surface area contributed by atoms with Crippen molar-refractivity contribution in [3.05, 3.63) is 71.6 Å². The molecular weight excluding hydrogens is 297 g/mol. The van der Waals surface area contributed by atoms with Crippen LogP contribution in [0.15, 0.2) is 49.1 Å². The molecule has 0 radical (unpaired) electrons. The molecule has 1 heterocycles. The number of carbonyl (C=O) groups is 1. The fourth-order valence-electron chi connectivity index (χ4n) is 2.83. The lowest BCUT2D eigenvalue weighted by Gasteiger charge is -2.30. The molecule has 23 heavy (non-hydrogen) atoms. The van der Waals surface area contributed by atoms with Gasteiger partial charge in [0.2, 0.25) is 0 Å². The Bertz CT molecular complexity index is 854. The molecule has 114 valence electrons. The molecule has 0 saturated heterocycles. The lowest BCUT2D eigenvalue weighted by atomic mass is 9.79. The zero-order valence-electron chi connectivity index (χ0n) is 12.0. The third-order valence-electron chi connectivity index (χ3n) is 3.91. The van der Waals surface area contributed by atoms with E-state index in [9.17, 15) is 14.3 Å². The number of nitrogens with zero attached hydrogens (tertiary/aromatic N) is 1. The summed E-state index contributed by atoms with van der Waals surface area (Å²) in [6, 6.07) is 10.2. The number of allylic oxidation sites excluding steroid dienone is 1. The minimum Gasteiger partial charge on any atom is -0.508 e. The Kier molecular flexibility index (Phi) is 3.59. The van der Waals surface area contributed by atoms with E-state index in [-0.39, 0.29) is 17.1 Å². The van der Waals surface area contributed by atoms with Crippen molar-refractivity contribution in [2.45, 2.75) is 11.8 Å². The zero-order valence-corrected chi connectivity index (χ0v) is 12.0. The fourth-order valence-corrected chi connectivity index (χ4v) is 2.83. The molecule has 0 fully saturated rings. The van der Waals surface area contributed by atoms with Crippen LogP contribution in [0.3, 0.4) is 0 Å². The predicted octanol–water partition coefficient (Wildman–Crippen LogP) is 3.38. The Morgan fingerprint density at radius 1 is 1.26 bits per heavy atom. The van der Waals surface area contributed by atoms with E-state index in [1.54, 1.807) is 6.08 Å². The maximum absolute atomic E-state index is 13.3. The molecule has 0 saturated carbocycles. The summed E-state index contributed by atoms with van der Waals surface area (Å²) in [5.74, 6) is -2.39. The highest BCUT2D eigenvalue weighted by atomic mass is 19.1. The van der Waals surface area contributed by atoms with Gasteiger partial charge >= 0.3 is 5.97 Å². The first-order chi connectivity index (χ1) is 11.0. The molecule has 0 amide bonds. The number of ether oxygens (including phenoxy) is 1. The zero-order chi connectivity index (χ0) is 16.6. The van der Waals surface area contributed by atoms with E-state index in [2.05, 4.69) is 6.58 Å². The first kappa shape index (κ1) is 14.8. The maximum Gasteiger partial charge on any atom is 0.319 e. The smallest absolute Gasteiger partial charge is 0.319 e. The molecule has 5 heteroatoms. The van der Waals surface area contributed by atoms with Crippen LogP contribution >= 0.6 is 0 Å². The highest BCUT2D eigenvalue weighted by Gasteiger charge is 2.38. The van der Waals surface area contributed by atoms with Crippen molar-refractivity contribution in [2.75, 3.05) is 0 Å². The van der Waals surface area contributed by atoms with Gasteiger partial charge in [-0.3, -0.25) is 4.79 Å². The summed E-state index contributed by atoms with van der Waals surface area (Å²) in [6.45, 7) is 3.74. The van der Waals surface area contributed by atoms with E-state index in [1.807, 2.05) is 6.07 Å². The van der Waals surface area contributed by atoms with Crippen LogP contribution in [0.25, 0.3) is 0 Å². The molecule has 0 bridgehead atoms. The Hall–Kier alpha value is -3.13. The number of carbonyl (C=O) groups excluding carboxylic acids is 1. The van der Waals surface area contributed by atoms with Crippen LogP contribution in [0.2, 0.25) is 0 Å². The van der Waals surface area contributed by atoms with Crippen LogP contribution in [0.5, 0.6) is 11.5 Å². The van der Waals surface area contributed by atoms with Gasteiger partial charge in [0, 0.05) is 23.1 Å². The first-order valence-corrected chi connectivity index (χ1v) is 6.92. The van der Waals surface area contributed by atoms with Crippen LogP contribution in [-0.2, 0) is 4.79 Å². The molecule has 1 aliphatic rings. The van der Waals surface area contributed by atoms with Gasteiger partial charge in [0.25, 0.3) is 0 Å². The lowest BCUT2D eigenvalue weighted by molar-refractivity contribution is -0.137. The SMILES string of the molecule is C=CC1c2ccc(F)cc2OC(=O)C1c1ccc(C#N)cc1O. The Labute approximate surface area is 132 Å². The summed E-state index contributed by atoms with van der Waals surface area (Å²) in [5.41, 5.74) is 1.25. The van der Waals surface area contributed by atoms with Crippen LogP contribution < -0.4 is 4.74 Å². The van der Waals surface area contributed by atoms with E-state index in [0.717, 1.165) is 6.07 Å². The number of rotatable bonds is 2. The van der Waals surface area contributed by atoms with Gasteiger partial charge in [-0.25, -0.2) is 4.39 Å². The van der Waals surface area contributed by atoms with Crippen molar-refractivity contribution >= 4 is 5.97 Å². The second-order valence-electron chi connectivity index (χ2n) is 5.23. The molecule has 2 aromatic carbocycles. The molecule has 1 aliphatic heterocycles. The van der Waals surface area contributed by atoms with Crippen molar-refractivity contribution in [1.29, 1.82) is 5.26 Å². The molecular formula is C18H12FNO3. The molecule has 2 aromatic rings. The first-order valence-electron chi connectivity index (χ1n) is 6.92. The van der Waals surface area contributed by atoms with E-state index < -0.39 is 23.6 Å².